The Morgan fingerprint density at radius 3 is 1.49 bits per heavy atom. The zero-order valence-corrected chi connectivity index (χ0v) is 30.1. The zero-order valence-electron chi connectivity index (χ0n) is 30.1. The van der Waals surface area contributed by atoms with Crippen molar-refractivity contribution in [3.63, 3.8) is 0 Å². The maximum absolute atomic E-state index is 2.49. The van der Waals surface area contributed by atoms with E-state index in [1.165, 1.54) is 50.2 Å². The van der Waals surface area contributed by atoms with Gasteiger partial charge in [0.05, 0.1) is 5.52 Å². The largest absolute Gasteiger partial charge is 0.311 e. The molecule has 0 saturated carbocycles. The van der Waals surface area contributed by atoms with Gasteiger partial charge in [0.15, 0.2) is 0 Å². The van der Waals surface area contributed by atoms with Crippen molar-refractivity contribution in [3.8, 4) is 5.69 Å². The zero-order chi connectivity index (χ0) is 36.3. The number of aromatic nitrogens is 1. The van der Waals surface area contributed by atoms with Crippen molar-refractivity contribution in [2.45, 2.75) is 0 Å². The highest BCUT2D eigenvalue weighted by molar-refractivity contribution is 7.01. The summed E-state index contributed by atoms with van der Waals surface area (Å²) in [4.78, 5) is 7.33. The highest BCUT2D eigenvalue weighted by Crippen LogP contribution is 2.47. The van der Waals surface area contributed by atoms with Gasteiger partial charge in [0.25, 0.3) is 6.71 Å². The van der Waals surface area contributed by atoms with E-state index in [-0.39, 0.29) is 6.71 Å². The van der Waals surface area contributed by atoms with Crippen molar-refractivity contribution < 1.29 is 0 Å². The van der Waals surface area contributed by atoms with Crippen LogP contribution in [0.2, 0.25) is 0 Å². The number of rotatable bonds is 6. The molecule has 0 bridgehead atoms. The first-order valence-corrected chi connectivity index (χ1v) is 18.9. The minimum Gasteiger partial charge on any atom is -0.311 e. The average Bonchev–Trinajstić information content (AvgIpc) is 3.60. The molecule has 8 aromatic carbocycles. The summed E-state index contributed by atoms with van der Waals surface area (Å²) in [5, 5.41) is 1.26. The first-order valence-electron chi connectivity index (χ1n) is 18.9. The van der Waals surface area contributed by atoms with Gasteiger partial charge < -0.3 is 9.80 Å². The van der Waals surface area contributed by atoms with Crippen LogP contribution in [0.1, 0.15) is 0 Å². The van der Waals surface area contributed by atoms with Crippen LogP contribution in [0.3, 0.4) is 0 Å². The minimum atomic E-state index is -0.0260. The number of hydrogen-bond acceptors (Lipinski definition) is 3. The molecule has 0 spiro atoms. The summed E-state index contributed by atoms with van der Waals surface area (Å²) in [5.74, 6) is 1.17. The van der Waals surface area contributed by atoms with E-state index in [9.17, 15) is 0 Å². The molecule has 55 heavy (non-hydrogen) atoms. The molecule has 2 aliphatic heterocycles. The predicted octanol–water partition coefficient (Wildman–Crippen LogP) is 11.2. The Labute approximate surface area is 321 Å². The molecule has 0 fully saturated rings. The number of hydrogen-bond donors (Lipinski definition) is 0. The lowest BCUT2D eigenvalue weighted by molar-refractivity contribution is 1.08. The van der Waals surface area contributed by atoms with Crippen LogP contribution in [0.15, 0.2) is 212 Å². The first kappa shape index (κ1) is 31.3. The third-order valence-corrected chi connectivity index (χ3v) is 11.1. The van der Waals surface area contributed by atoms with Crippen molar-refractivity contribution in [2.24, 2.45) is 0 Å². The summed E-state index contributed by atoms with van der Waals surface area (Å²) in [6.45, 7) is -0.0260. The van der Waals surface area contributed by atoms with Crippen molar-refractivity contribution in [3.05, 3.63) is 212 Å². The Bertz CT molecular complexity index is 2780. The van der Waals surface area contributed by atoms with E-state index in [0.717, 1.165) is 34.1 Å². The van der Waals surface area contributed by atoms with Crippen LogP contribution in [0, 0.1) is 0 Å². The molecule has 5 heteroatoms. The number of para-hydroxylation sites is 6. The standard InChI is InChI=1S/C50H35BN4/c1-6-19-36(20-7-1)52(37-21-8-2-9-22-37)41-33-34-43-47(35-41)53(38-23-10-3-11-24-38)45-31-18-32-46-49(45)51(43)48-42-29-16-17-30-44(42)54(39-25-12-4-13-26-39)50(48)55(46)40-27-14-5-15-28-40/h1-35H. The van der Waals surface area contributed by atoms with Gasteiger partial charge in [0, 0.05) is 51.2 Å². The molecule has 4 nitrogen and oxygen atoms in total. The van der Waals surface area contributed by atoms with Gasteiger partial charge in [-0.25, -0.2) is 0 Å². The van der Waals surface area contributed by atoms with E-state index < -0.39 is 0 Å². The van der Waals surface area contributed by atoms with Crippen LogP contribution in [-0.2, 0) is 0 Å². The van der Waals surface area contributed by atoms with E-state index in [0.29, 0.717) is 0 Å². The molecule has 0 aliphatic carbocycles. The van der Waals surface area contributed by atoms with Crippen LogP contribution in [0.4, 0.5) is 51.3 Å². The van der Waals surface area contributed by atoms with E-state index in [1.54, 1.807) is 0 Å². The van der Waals surface area contributed by atoms with Gasteiger partial charge in [-0.3, -0.25) is 9.47 Å². The molecule has 3 heterocycles. The number of fused-ring (bicyclic) bond motifs is 6. The van der Waals surface area contributed by atoms with Crippen LogP contribution in [0.5, 0.6) is 0 Å². The summed E-state index contributed by atoms with van der Waals surface area (Å²) in [6, 6.07) is 76.8. The van der Waals surface area contributed by atoms with Gasteiger partial charge in [-0.05, 0) is 113 Å². The first-order chi connectivity index (χ1) is 27.3. The quantitative estimate of drug-likeness (QED) is 0.160. The molecular formula is C50H35BN4. The Morgan fingerprint density at radius 2 is 0.873 bits per heavy atom. The summed E-state index contributed by atoms with van der Waals surface area (Å²) in [6.07, 6.45) is 0. The smallest absolute Gasteiger partial charge is 0.255 e. The Kier molecular flexibility index (Phi) is 7.24. The van der Waals surface area contributed by atoms with Crippen LogP contribution < -0.4 is 31.1 Å². The van der Waals surface area contributed by atoms with Gasteiger partial charge in [-0.2, -0.15) is 0 Å². The maximum Gasteiger partial charge on any atom is 0.255 e. The molecule has 9 aromatic rings. The third kappa shape index (κ3) is 4.87. The normalized spacial score (nSPS) is 12.6. The lowest BCUT2D eigenvalue weighted by atomic mass is 9.33. The Morgan fingerprint density at radius 1 is 0.364 bits per heavy atom. The van der Waals surface area contributed by atoms with E-state index >= 15 is 0 Å². The summed E-state index contributed by atoms with van der Waals surface area (Å²) in [7, 11) is 0. The molecule has 0 atom stereocenters. The Hall–Kier alpha value is -7.24. The molecule has 0 unspecified atom stereocenters. The maximum atomic E-state index is 2.49. The van der Waals surface area contributed by atoms with Crippen molar-refractivity contribution in [2.75, 3.05) is 14.7 Å². The van der Waals surface area contributed by atoms with Gasteiger partial charge in [-0.15, -0.1) is 0 Å². The van der Waals surface area contributed by atoms with Crippen LogP contribution in [-0.4, -0.2) is 11.3 Å². The molecule has 0 N–H and O–H groups in total. The lowest BCUT2D eigenvalue weighted by Crippen LogP contribution is -2.61. The second-order valence-electron chi connectivity index (χ2n) is 14.2. The molecule has 258 valence electrons. The fourth-order valence-electron chi connectivity index (χ4n) is 8.92. The second kappa shape index (κ2) is 12.7. The number of nitrogens with zero attached hydrogens (tertiary/aromatic N) is 4. The molecule has 0 saturated heterocycles. The summed E-state index contributed by atoms with van der Waals surface area (Å²) < 4.78 is 2.47. The second-order valence-corrected chi connectivity index (χ2v) is 14.2. The Balaban J connectivity index is 1.25. The van der Waals surface area contributed by atoms with Crippen molar-refractivity contribution >= 4 is 85.3 Å². The monoisotopic (exact) mass is 702 g/mol. The topological polar surface area (TPSA) is 14.7 Å². The van der Waals surface area contributed by atoms with E-state index in [2.05, 4.69) is 232 Å². The summed E-state index contributed by atoms with van der Waals surface area (Å²) >= 11 is 0. The highest BCUT2D eigenvalue weighted by Gasteiger charge is 2.46. The van der Waals surface area contributed by atoms with Gasteiger partial charge in [0.1, 0.15) is 5.82 Å². The average molecular weight is 703 g/mol. The van der Waals surface area contributed by atoms with Gasteiger partial charge >= 0.3 is 0 Å². The predicted molar refractivity (Wildman–Crippen MR) is 232 cm³/mol. The molecule has 0 radical (unpaired) electrons. The molecule has 2 aliphatic rings. The number of anilines is 9. The van der Waals surface area contributed by atoms with Crippen LogP contribution in [0.25, 0.3) is 16.6 Å². The molecule has 0 amide bonds. The highest BCUT2D eigenvalue weighted by atomic mass is 15.3. The molecule has 11 rings (SSSR count). The van der Waals surface area contributed by atoms with E-state index in [1.807, 2.05) is 0 Å². The van der Waals surface area contributed by atoms with Crippen molar-refractivity contribution in [1.82, 2.24) is 4.57 Å². The van der Waals surface area contributed by atoms with Crippen LogP contribution >= 0.6 is 0 Å². The fraction of sp³-hybridized carbons (Fsp3) is 0. The summed E-state index contributed by atoms with van der Waals surface area (Å²) in [5.41, 5.74) is 15.4. The van der Waals surface area contributed by atoms with E-state index in [4.69, 9.17) is 0 Å². The SMILES string of the molecule is c1ccc(N(c2ccccc2)c2ccc3c(c2)N(c2ccccc2)c2cccc4c2B3c2c(n(-c3ccccc3)c3ccccc23)N4c2ccccc2)cc1. The third-order valence-electron chi connectivity index (χ3n) is 11.1. The molecule has 1 aromatic heterocycles. The fourth-order valence-corrected chi connectivity index (χ4v) is 8.92. The van der Waals surface area contributed by atoms with Crippen molar-refractivity contribution in [1.29, 1.82) is 0 Å². The van der Waals surface area contributed by atoms with Gasteiger partial charge in [0.2, 0.25) is 0 Å². The lowest BCUT2D eigenvalue weighted by Gasteiger charge is -2.44. The molecular weight excluding hydrogens is 667 g/mol. The number of benzene rings is 8. The minimum absolute atomic E-state index is 0.0260. The van der Waals surface area contributed by atoms with Gasteiger partial charge in [-0.1, -0.05) is 121 Å².